The number of nitrogens with zero attached hydrogens (tertiary/aromatic N) is 2. The number of aryl methyl sites for hydroxylation is 2. The molecule has 0 radical (unpaired) electrons. The van der Waals surface area contributed by atoms with Crippen LogP contribution in [-0.2, 0) is 0 Å². The van der Waals surface area contributed by atoms with Crippen LogP contribution in [0.25, 0.3) is 11.1 Å². The van der Waals surface area contributed by atoms with Crippen LogP contribution in [0.5, 0.6) is 11.5 Å². The van der Waals surface area contributed by atoms with Crippen molar-refractivity contribution < 1.29 is 9.47 Å². The summed E-state index contributed by atoms with van der Waals surface area (Å²) >= 11 is 0. The molecule has 4 nitrogen and oxygen atoms in total. The van der Waals surface area contributed by atoms with Crippen molar-refractivity contribution in [1.82, 2.24) is 10.2 Å². The molecule has 0 saturated carbocycles. The molecule has 1 heterocycles. The quantitative estimate of drug-likeness (QED) is 0.853. The summed E-state index contributed by atoms with van der Waals surface area (Å²) in [5.74, 6) is 1.58. The molecule has 0 saturated heterocycles. The zero-order valence-electron chi connectivity index (χ0n) is 12.6. The number of hydrogen-bond acceptors (Lipinski definition) is 4. The Bertz CT molecular complexity index is 589. The smallest absolute Gasteiger partial charge is 0.130 e. The van der Waals surface area contributed by atoms with Crippen molar-refractivity contribution in [3.8, 4) is 22.6 Å². The first kappa shape index (κ1) is 14.3. The Balaban J connectivity index is 2.52. The fourth-order valence-electron chi connectivity index (χ4n) is 2.23. The predicted octanol–water partition coefficient (Wildman–Crippen LogP) is 3.56. The largest absolute Gasteiger partial charge is 0.496 e. The number of methoxy groups -OCH3 is 1. The Morgan fingerprint density at radius 1 is 1.15 bits per heavy atom. The van der Waals surface area contributed by atoms with E-state index in [0.717, 1.165) is 33.9 Å². The highest BCUT2D eigenvalue weighted by Crippen LogP contribution is 2.36. The second-order valence-electron chi connectivity index (χ2n) is 5.02. The minimum absolute atomic E-state index is 0.136. The molecule has 0 fully saturated rings. The summed E-state index contributed by atoms with van der Waals surface area (Å²) in [6.07, 6.45) is 1.90. The van der Waals surface area contributed by atoms with Gasteiger partial charge in [-0.05, 0) is 45.4 Å². The van der Waals surface area contributed by atoms with Gasteiger partial charge in [0, 0.05) is 17.2 Å². The summed E-state index contributed by atoms with van der Waals surface area (Å²) in [6.45, 7) is 7.98. The van der Waals surface area contributed by atoms with Gasteiger partial charge in [-0.25, -0.2) is 0 Å². The van der Waals surface area contributed by atoms with Crippen LogP contribution in [0.2, 0.25) is 0 Å². The van der Waals surface area contributed by atoms with Crippen LogP contribution in [0.15, 0.2) is 24.4 Å². The fourth-order valence-corrected chi connectivity index (χ4v) is 2.23. The van der Waals surface area contributed by atoms with Gasteiger partial charge in [0.15, 0.2) is 0 Å². The van der Waals surface area contributed by atoms with E-state index in [-0.39, 0.29) is 6.10 Å². The van der Waals surface area contributed by atoms with Gasteiger partial charge in [0.1, 0.15) is 11.5 Å². The predicted molar refractivity (Wildman–Crippen MR) is 79.3 cm³/mol. The molecule has 0 atom stereocenters. The maximum absolute atomic E-state index is 5.70. The number of rotatable bonds is 4. The summed E-state index contributed by atoms with van der Waals surface area (Å²) < 4.78 is 11.2. The molecule has 0 aliphatic heterocycles. The molecular formula is C16H20N2O2. The van der Waals surface area contributed by atoms with Crippen LogP contribution >= 0.6 is 0 Å². The Morgan fingerprint density at radius 2 is 1.90 bits per heavy atom. The highest BCUT2D eigenvalue weighted by molar-refractivity contribution is 5.75. The van der Waals surface area contributed by atoms with Gasteiger partial charge < -0.3 is 9.47 Å². The number of benzene rings is 1. The van der Waals surface area contributed by atoms with E-state index in [2.05, 4.69) is 10.2 Å². The Hall–Kier alpha value is -2.10. The molecule has 20 heavy (non-hydrogen) atoms. The molecule has 2 rings (SSSR count). The summed E-state index contributed by atoms with van der Waals surface area (Å²) in [7, 11) is 1.66. The van der Waals surface area contributed by atoms with Gasteiger partial charge in [-0.15, -0.1) is 0 Å². The van der Waals surface area contributed by atoms with E-state index in [1.54, 1.807) is 13.3 Å². The maximum Gasteiger partial charge on any atom is 0.130 e. The molecule has 1 aromatic heterocycles. The van der Waals surface area contributed by atoms with Crippen molar-refractivity contribution in [2.45, 2.75) is 33.8 Å². The zero-order chi connectivity index (χ0) is 14.7. The molecule has 0 N–H and O–H groups in total. The van der Waals surface area contributed by atoms with Gasteiger partial charge in [-0.3, -0.25) is 0 Å². The molecule has 0 aliphatic rings. The van der Waals surface area contributed by atoms with Crippen molar-refractivity contribution >= 4 is 0 Å². The van der Waals surface area contributed by atoms with Crippen LogP contribution in [0.3, 0.4) is 0 Å². The summed E-state index contributed by atoms with van der Waals surface area (Å²) in [5.41, 5.74) is 4.04. The van der Waals surface area contributed by atoms with Crippen molar-refractivity contribution in [2.24, 2.45) is 0 Å². The number of aromatic nitrogens is 2. The van der Waals surface area contributed by atoms with Gasteiger partial charge in [0.25, 0.3) is 0 Å². The van der Waals surface area contributed by atoms with E-state index >= 15 is 0 Å². The van der Waals surface area contributed by atoms with Crippen molar-refractivity contribution in [3.63, 3.8) is 0 Å². The molecule has 4 heteroatoms. The molecule has 2 aromatic rings. The third-order valence-electron chi connectivity index (χ3n) is 3.03. The van der Waals surface area contributed by atoms with Crippen LogP contribution in [0.4, 0.5) is 0 Å². The van der Waals surface area contributed by atoms with E-state index in [4.69, 9.17) is 9.47 Å². The van der Waals surface area contributed by atoms with Crippen molar-refractivity contribution in [1.29, 1.82) is 0 Å². The van der Waals surface area contributed by atoms with Gasteiger partial charge in [-0.1, -0.05) is 0 Å². The van der Waals surface area contributed by atoms with Gasteiger partial charge in [-0.2, -0.15) is 10.2 Å². The summed E-state index contributed by atoms with van der Waals surface area (Å²) in [4.78, 5) is 0. The molecule has 0 spiro atoms. The first-order valence-electron chi connectivity index (χ1n) is 6.67. The molecular weight excluding hydrogens is 252 g/mol. The van der Waals surface area contributed by atoms with E-state index in [0.29, 0.717) is 0 Å². The SMILES string of the molecule is COc1cc(OC(C)C)ccc1-c1c(C)cnnc1C. The van der Waals surface area contributed by atoms with Gasteiger partial charge in [0.05, 0.1) is 25.1 Å². The minimum Gasteiger partial charge on any atom is -0.496 e. The molecule has 0 unspecified atom stereocenters. The topological polar surface area (TPSA) is 44.2 Å². The second kappa shape index (κ2) is 5.90. The standard InChI is InChI=1S/C16H20N2O2/c1-10(2)20-13-6-7-14(15(8-13)19-5)16-11(3)9-17-18-12(16)4/h6-10H,1-5H3. The number of hydrogen-bond donors (Lipinski definition) is 0. The lowest BCUT2D eigenvalue weighted by molar-refractivity contribution is 0.241. The van der Waals surface area contributed by atoms with Crippen LogP contribution in [0, 0.1) is 13.8 Å². The van der Waals surface area contributed by atoms with E-state index < -0.39 is 0 Å². The van der Waals surface area contributed by atoms with E-state index in [1.165, 1.54) is 0 Å². The van der Waals surface area contributed by atoms with Gasteiger partial charge >= 0.3 is 0 Å². The number of ether oxygens (including phenoxy) is 2. The molecule has 0 aliphatic carbocycles. The van der Waals surface area contributed by atoms with Crippen molar-refractivity contribution in [3.05, 3.63) is 35.7 Å². The Kier molecular flexibility index (Phi) is 4.23. The molecule has 0 amide bonds. The second-order valence-corrected chi connectivity index (χ2v) is 5.02. The van der Waals surface area contributed by atoms with Crippen molar-refractivity contribution in [2.75, 3.05) is 7.11 Å². The first-order chi connectivity index (χ1) is 9.52. The molecule has 106 valence electrons. The average molecular weight is 272 g/mol. The maximum atomic E-state index is 5.70. The fraction of sp³-hybridized carbons (Fsp3) is 0.375. The van der Waals surface area contributed by atoms with Crippen LogP contribution in [-0.4, -0.2) is 23.4 Å². The Morgan fingerprint density at radius 3 is 2.50 bits per heavy atom. The van der Waals surface area contributed by atoms with E-state index in [1.807, 2.05) is 45.9 Å². The normalized spacial score (nSPS) is 10.7. The molecule has 0 bridgehead atoms. The lowest BCUT2D eigenvalue weighted by Gasteiger charge is -2.15. The van der Waals surface area contributed by atoms with Crippen LogP contribution in [0.1, 0.15) is 25.1 Å². The highest BCUT2D eigenvalue weighted by Gasteiger charge is 2.13. The third kappa shape index (κ3) is 2.90. The lowest BCUT2D eigenvalue weighted by Crippen LogP contribution is -2.05. The molecule has 1 aromatic carbocycles. The average Bonchev–Trinajstić information content (AvgIpc) is 2.39. The van der Waals surface area contributed by atoms with Gasteiger partial charge in [0.2, 0.25) is 0 Å². The minimum atomic E-state index is 0.136. The monoisotopic (exact) mass is 272 g/mol. The Labute approximate surface area is 119 Å². The van der Waals surface area contributed by atoms with Crippen LogP contribution < -0.4 is 9.47 Å². The first-order valence-corrected chi connectivity index (χ1v) is 6.67. The highest BCUT2D eigenvalue weighted by atomic mass is 16.5. The van der Waals surface area contributed by atoms with E-state index in [9.17, 15) is 0 Å². The summed E-state index contributed by atoms with van der Waals surface area (Å²) in [6, 6.07) is 5.87. The summed E-state index contributed by atoms with van der Waals surface area (Å²) in [5, 5.41) is 8.09. The third-order valence-corrected chi connectivity index (χ3v) is 3.03. The zero-order valence-corrected chi connectivity index (χ0v) is 12.6. The lowest BCUT2D eigenvalue weighted by atomic mass is 9.99.